The summed E-state index contributed by atoms with van der Waals surface area (Å²) in [7, 11) is 0. The summed E-state index contributed by atoms with van der Waals surface area (Å²) in [4.78, 5) is 12.7. The van der Waals surface area contributed by atoms with Gasteiger partial charge in [0.1, 0.15) is 0 Å². The molecule has 0 saturated carbocycles. The number of carbonyl (C=O) groups is 1. The maximum absolute atomic E-state index is 12.7. The normalized spacial score (nSPS) is 10.9. The van der Waals surface area contributed by atoms with Crippen LogP contribution in [0.15, 0.2) is 50.7 Å². The molecule has 0 unspecified atom stereocenters. The first-order valence-electron chi connectivity index (χ1n) is 5.83. The van der Waals surface area contributed by atoms with E-state index in [4.69, 9.17) is 5.73 Å². The molecule has 2 aromatic carbocycles. The Morgan fingerprint density at radius 2 is 1.95 bits per heavy atom. The molecule has 0 radical (unpaired) electrons. The number of carbonyl (C=O) groups excluding carboxylic acids is 1. The summed E-state index contributed by atoms with van der Waals surface area (Å²) in [6, 6.07) is 11.1. The number of ketones is 1. The van der Waals surface area contributed by atoms with Crippen molar-refractivity contribution < 1.29 is 4.79 Å². The van der Waals surface area contributed by atoms with Gasteiger partial charge in [0.05, 0.1) is 0 Å². The number of benzene rings is 2. The lowest BCUT2D eigenvalue weighted by atomic mass is 10.0. The molecular formula is C15H9Br2NOS. The molecule has 2 nitrogen and oxygen atoms in total. The van der Waals surface area contributed by atoms with Gasteiger partial charge in [-0.2, -0.15) is 0 Å². The third-order valence-electron chi connectivity index (χ3n) is 2.98. The van der Waals surface area contributed by atoms with E-state index in [0.29, 0.717) is 16.8 Å². The third-order valence-corrected chi connectivity index (χ3v) is 5.39. The highest BCUT2D eigenvalue weighted by molar-refractivity contribution is 9.11. The number of fused-ring (bicyclic) bond motifs is 1. The molecule has 0 aliphatic heterocycles. The lowest BCUT2D eigenvalue weighted by Crippen LogP contribution is -2.01. The molecule has 0 aliphatic rings. The zero-order chi connectivity index (χ0) is 14.3. The number of anilines is 1. The summed E-state index contributed by atoms with van der Waals surface area (Å²) in [5, 5.41) is 2.86. The van der Waals surface area contributed by atoms with Crippen molar-refractivity contribution in [2.24, 2.45) is 0 Å². The summed E-state index contributed by atoms with van der Waals surface area (Å²) in [5.74, 6) is -0.0117. The summed E-state index contributed by atoms with van der Waals surface area (Å²) < 4.78 is 2.90. The fourth-order valence-electron chi connectivity index (χ4n) is 2.10. The minimum atomic E-state index is -0.0117. The number of nitrogen functional groups attached to an aromatic ring is 1. The van der Waals surface area contributed by atoms with Crippen LogP contribution in [0.25, 0.3) is 10.1 Å². The Kier molecular flexibility index (Phi) is 3.67. The monoisotopic (exact) mass is 409 g/mol. The lowest BCUT2D eigenvalue weighted by molar-refractivity contribution is 0.104. The molecule has 0 bridgehead atoms. The van der Waals surface area contributed by atoms with E-state index in [9.17, 15) is 4.79 Å². The molecule has 0 fully saturated rings. The van der Waals surface area contributed by atoms with Crippen LogP contribution in [-0.4, -0.2) is 5.78 Å². The second-order valence-electron chi connectivity index (χ2n) is 4.37. The topological polar surface area (TPSA) is 43.1 Å². The molecule has 0 aliphatic carbocycles. The minimum Gasteiger partial charge on any atom is -0.399 e. The van der Waals surface area contributed by atoms with Gasteiger partial charge < -0.3 is 5.73 Å². The van der Waals surface area contributed by atoms with E-state index in [1.165, 1.54) is 0 Å². The molecule has 0 saturated heterocycles. The third kappa shape index (κ3) is 2.41. The number of halogens is 2. The van der Waals surface area contributed by atoms with Crippen molar-refractivity contribution in [1.82, 2.24) is 0 Å². The van der Waals surface area contributed by atoms with Crippen molar-refractivity contribution in [3.05, 3.63) is 61.9 Å². The Labute approximate surface area is 136 Å². The smallest absolute Gasteiger partial charge is 0.194 e. The van der Waals surface area contributed by atoms with Crippen molar-refractivity contribution in [3.8, 4) is 0 Å². The Morgan fingerprint density at radius 1 is 1.15 bits per heavy atom. The van der Waals surface area contributed by atoms with Crippen molar-refractivity contribution in [1.29, 1.82) is 0 Å². The van der Waals surface area contributed by atoms with Gasteiger partial charge in [-0.15, -0.1) is 11.3 Å². The van der Waals surface area contributed by atoms with Crippen molar-refractivity contribution in [2.45, 2.75) is 0 Å². The van der Waals surface area contributed by atoms with E-state index >= 15 is 0 Å². The summed E-state index contributed by atoms with van der Waals surface area (Å²) >= 11 is 8.44. The number of nitrogens with two attached hydrogens (primary N) is 1. The molecule has 20 heavy (non-hydrogen) atoms. The highest BCUT2D eigenvalue weighted by Gasteiger charge is 2.16. The number of hydrogen-bond donors (Lipinski definition) is 1. The van der Waals surface area contributed by atoms with Gasteiger partial charge in [-0.1, -0.05) is 28.1 Å². The Morgan fingerprint density at radius 3 is 2.70 bits per heavy atom. The fourth-order valence-corrected chi connectivity index (χ4v) is 4.21. The highest BCUT2D eigenvalue weighted by atomic mass is 79.9. The SMILES string of the molecule is Nc1cc(Br)cc(C(=O)c2csc3c(Br)cccc23)c1. The average Bonchev–Trinajstić information content (AvgIpc) is 2.82. The van der Waals surface area contributed by atoms with Gasteiger partial charge in [0.2, 0.25) is 0 Å². The summed E-state index contributed by atoms with van der Waals surface area (Å²) in [5.41, 5.74) is 7.68. The van der Waals surface area contributed by atoms with E-state index in [0.717, 1.165) is 19.0 Å². The first kappa shape index (κ1) is 13.8. The van der Waals surface area contributed by atoms with Crippen LogP contribution in [0.5, 0.6) is 0 Å². The molecule has 100 valence electrons. The summed E-state index contributed by atoms with van der Waals surface area (Å²) in [6.07, 6.45) is 0. The first-order chi connectivity index (χ1) is 9.56. The van der Waals surface area contributed by atoms with Gasteiger partial charge in [-0.05, 0) is 40.2 Å². The molecule has 2 N–H and O–H groups in total. The van der Waals surface area contributed by atoms with Crippen molar-refractivity contribution >= 4 is 64.8 Å². The molecule has 0 amide bonds. The second kappa shape index (κ2) is 5.31. The molecule has 5 heteroatoms. The quantitative estimate of drug-likeness (QED) is 0.463. The van der Waals surface area contributed by atoms with Gasteiger partial charge in [-0.25, -0.2) is 0 Å². The molecule has 3 rings (SSSR count). The minimum absolute atomic E-state index is 0.0117. The van der Waals surface area contributed by atoms with Crippen LogP contribution in [0.1, 0.15) is 15.9 Å². The van der Waals surface area contributed by atoms with Crippen LogP contribution in [-0.2, 0) is 0 Å². The fraction of sp³-hybridized carbons (Fsp3) is 0. The Bertz CT molecular complexity index is 806. The van der Waals surface area contributed by atoms with Crippen molar-refractivity contribution in [3.63, 3.8) is 0 Å². The maximum Gasteiger partial charge on any atom is 0.194 e. The number of thiophene rings is 1. The molecule has 3 aromatic rings. The number of rotatable bonds is 2. The van der Waals surface area contributed by atoms with Gasteiger partial charge in [0, 0.05) is 41.2 Å². The predicted octanol–water partition coefficient (Wildman–Crippen LogP) is 5.24. The van der Waals surface area contributed by atoms with Crippen LogP contribution in [0, 0.1) is 0 Å². The molecular weight excluding hydrogens is 402 g/mol. The largest absolute Gasteiger partial charge is 0.399 e. The second-order valence-corrected chi connectivity index (χ2v) is 7.02. The van der Waals surface area contributed by atoms with Crippen LogP contribution >= 0.6 is 43.2 Å². The van der Waals surface area contributed by atoms with Crippen LogP contribution in [0.2, 0.25) is 0 Å². The molecule has 0 atom stereocenters. The van der Waals surface area contributed by atoms with Gasteiger partial charge in [0.25, 0.3) is 0 Å². The summed E-state index contributed by atoms with van der Waals surface area (Å²) in [6.45, 7) is 0. The lowest BCUT2D eigenvalue weighted by Gasteiger charge is -2.03. The standard InChI is InChI=1S/C15H9Br2NOS/c16-9-4-8(5-10(18)6-9)14(19)12-7-20-15-11(12)2-1-3-13(15)17/h1-7H,18H2. The van der Waals surface area contributed by atoms with Crippen molar-refractivity contribution in [2.75, 3.05) is 5.73 Å². The van der Waals surface area contributed by atoms with Gasteiger partial charge >= 0.3 is 0 Å². The maximum atomic E-state index is 12.7. The van der Waals surface area contributed by atoms with Crippen LogP contribution < -0.4 is 5.73 Å². The Hall–Kier alpha value is -1.17. The molecule has 1 heterocycles. The van der Waals surface area contributed by atoms with E-state index in [-0.39, 0.29) is 5.78 Å². The van der Waals surface area contributed by atoms with Gasteiger partial charge in [-0.3, -0.25) is 4.79 Å². The zero-order valence-corrected chi connectivity index (χ0v) is 14.2. The van der Waals surface area contributed by atoms with Gasteiger partial charge in [0.15, 0.2) is 5.78 Å². The van der Waals surface area contributed by atoms with E-state index in [1.54, 1.807) is 29.5 Å². The first-order valence-corrected chi connectivity index (χ1v) is 8.29. The molecule has 1 aromatic heterocycles. The number of hydrogen-bond acceptors (Lipinski definition) is 3. The molecule has 0 spiro atoms. The van der Waals surface area contributed by atoms with Crippen LogP contribution in [0.4, 0.5) is 5.69 Å². The van der Waals surface area contributed by atoms with E-state index in [2.05, 4.69) is 31.9 Å². The highest BCUT2D eigenvalue weighted by Crippen LogP contribution is 2.33. The predicted molar refractivity (Wildman–Crippen MR) is 91.5 cm³/mol. The Balaban J connectivity index is 2.15. The average molecular weight is 411 g/mol. The van der Waals surface area contributed by atoms with Crippen LogP contribution in [0.3, 0.4) is 0 Å². The van der Waals surface area contributed by atoms with E-state index < -0.39 is 0 Å². The zero-order valence-electron chi connectivity index (χ0n) is 10.2. The van der Waals surface area contributed by atoms with E-state index in [1.807, 2.05) is 23.6 Å².